The normalized spacial score (nSPS) is 9.80. The van der Waals surface area contributed by atoms with Crippen LogP contribution in [0.3, 0.4) is 0 Å². The third kappa shape index (κ3) is 1.10. The molecule has 0 heterocycles. The fourth-order valence-corrected chi connectivity index (χ4v) is 0.604. The minimum atomic E-state index is -0.822. The van der Waals surface area contributed by atoms with Gasteiger partial charge in [0.15, 0.2) is 0 Å². The van der Waals surface area contributed by atoms with E-state index in [0.29, 0.717) is 0 Å². The van der Waals surface area contributed by atoms with Crippen molar-refractivity contribution < 1.29 is 8.78 Å². The molecule has 50 valence electrons. The van der Waals surface area contributed by atoms with Gasteiger partial charge in [-0.3, -0.25) is 0 Å². The molecule has 0 aliphatic carbocycles. The molecule has 2 N–H and O–H groups in total. The minimum Gasteiger partial charge on any atom is -0.394 e. The van der Waals surface area contributed by atoms with E-state index >= 15 is 0 Å². The maximum Gasteiger partial charge on any atom is 0.148 e. The number of benzene rings is 1. The van der Waals surface area contributed by atoms with E-state index in [1.807, 2.05) is 0 Å². The highest BCUT2D eigenvalue weighted by Gasteiger charge is 2.03. The maximum atomic E-state index is 12.4. The summed E-state index contributed by atoms with van der Waals surface area (Å²) in [6, 6.07) is 1.94. The summed E-state index contributed by atoms with van der Waals surface area (Å²) in [6.45, 7) is 0. The second kappa shape index (κ2) is 2.29. The molecule has 0 unspecified atom stereocenters. The fraction of sp³-hybridized carbons (Fsp3) is 0. The molecule has 0 spiro atoms. The van der Waals surface area contributed by atoms with Gasteiger partial charge < -0.3 is 5.73 Å². The van der Waals surface area contributed by atoms with Crippen LogP contribution in [-0.4, -0.2) is 7.85 Å². The van der Waals surface area contributed by atoms with E-state index in [1.165, 1.54) is 0 Å². The number of halogens is 2. The van der Waals surface area contributed by atoms with E-state index in [2.05, 4.69) is 0 Å². The number of nitrogen functional groups attached to an aromatic ring is 1. The second-order valence-corrected chi connectivity index (χ2v) is 1.90. The predicted molar refractivity (Wildman–Crippen MR) is 36.2 cm³/mol. The molecule has 0 saturated carbocycles. The topological polar surface area (TPSA) is 26.0 Å². The molecule has 0 aliphatic rings. The van der Waals surface area contributed by atoms with Crippen LogP contribution in [0.1, 0.15) is 0 Å². The number of hydrogen-bond acceptors (Lipinski definition) is 1. The first-order valence-electron chi connectivity index (χ1n) is 2.61. The van der Waals surface area contributed by atoms with E-state index in [1.54, 1.807) is 0 Å². The molecular formula is C6H4BF2N. The van der Waals surface area contributed by atoms with Crippen LogP contribution < -0.4 is 11.2 Å². The van der Waals surface area contributed by atoms with Crippen molar-refractivity contribution in [2.75, 3.05) is 5.73 Å². The fourth-order valence-electron chi connectivity index (χ4n) is 0.604. The molecule has 1 rings (SSSR count). The van der Waals surface area contributed by atoms with Crippen LogP contribution in [0.2, 0.25) is 0 Å². The van der Waals surface area contributed by atoms with E-state index in [0.717, 1.165) is 12.1 Å². The smallest absolute Gasteiger partial charge is 0.148 e. The Hall–Kier alpha value is -1.06. The van der Waals surface area contributed by atoms with Crippen LogP contribution in [0.4, 0.5) is 14.5 Å². The Morgan fingerprint density at radius 3 is 2.00 bits per heavy atom. The van der Waals surface area contributed by atoms with Gasteiger partial charge in [-0.1, -0.05) is 5.46 Å². The first-order valence-corrected chi connectivity index (χ1v) is 2.61. The van der Waals surface area contributed by atoms with Crippen molar-refractivity contribution in [2.24, 2.45) is 0 Å². The standard InChI is InChI=1S/C6H4BF2N/c7-3-1-4(8)6(10)5(9)2-3/h1-2H,10H2. The van der Waals surface area contributed by atoms with E-state index in [9.17, 15) is 8.78 Å². The van der Waals surface area contributed by atoms with Gasteiger partial charge in [-0.2, -0.15) is 0 Å². The van der Waals surface area contributed by atoms with Gasteiger partial charge in [0.05, 0.1) is 0 Å². The zero-order chi connectivity index (χ0) is 7.72. The van der Waals surface area contributed by atoms with Gasteiger partial charge >= 0.3 is 0 Å². The predicted octanol–water partition coefficient (Wildman–Crippen LogP) is 0.341. The molecule has 1 nitrogen and oxygen atoms in total. The highest BCUT2D eigenvalue weighted by atomic mass is 19.1. The summed E-state index contributed by atoms with van der Waals surface area (Å²) in [6.07, 6.45) is 0. The monoisotopic (exact) mass is 139 g/mol. The van der Waals surface area contributed by atoms with Crippen molar-refractivity contribution in [2.45, 2.75) is 0 Å². The van der Waals surface area contributed by atoms with Crippen molar-refractivity contribution >= 4 is 19.0 Å². The zero-order valence-corrected chi connectivity index (χ0v) is 5.07. The summed E-state index contributed by atoms with van der Waals surface area (Å²) in [5, 5.41) is 0. The summed E-state index contributed by atoms with van der Waals surface area (Å²) in [5.41, 5.74) is 4.49. The molecule has 0 fully saturated rings. The van der Waals surface area contributed by atoms with Crippen molar-refractivity contribution in [3.8, 4) is 0 Å². The van der Waals surface area contributed by atoms with Gasteiger partial charge in [-0.15, -0.1) is 0 Å². The van der Waals surface area contributed by atoms with Crippen molar-refractivity contribution in [3.63, 3.8) is 0 Å². The molecular weight excluding hydrogens is 135 g/mol. The first kappa shape index (κ1) is 7.06. The third-order valence-electron chi connectivity index (χ3n) is 1.10. The lowest BCUT2D eigenvalue weighted by molar-refractivity contribution is 0.593. The molecule has 1 aromatic rings. The maximum absolute atomic E-state index is 12.4. The van der Waals surface area contributed by atoms with Gasteiger partial charge in [0, 0.05) is 0 Å². The average molecular weight is 139 g/mol. The second-order valence-electron chi connectivity index (χ2n) is 1.90. The Labute approximate surface area is 58.3 Å². The zero-order valence-electron chi connectivity index (χ0n) is 5.07. The van der Waals surface area contributed by atoms with E-state index in [-0.39, 0.29) is 5.46 Å². The Kier molecular flexibility index (Phi) is 1.61. The third-order valence-corrected chi connectivity index (χ3v) is 1.10. The number of anilines is 1. The summed E-state index contributed by atoms with van der Waals surface area (Å²) < 4.78 is 24.8. The molecule has 0 saturated heterocycles. The van der Waals surface area contributed by atoms with Gasteiger partial charge in [0.1, 0.15) is 25.2 Å². The lowest BCUT2D eigenvalue weighted by Crippen LogP contribution is -2.07. The number of nitrogens with two attached hydrogens (primary N) is 1. The van der Waals surface area contributed by atoms with Crippen molar-refractivity contribution in [1.82, 2.24) is 0 Å². The Morgan fingerprint density at radius 1 is 1.20 bits per heavy atom. The van der Waals surface area contributed by atoms with Crippen LogP contribution in [0, 0.1) is 11.6 Å². The van der Waals surface area contributed by atoms with Gasteiger partial charge in [0.25, 0.3) is 0 Å². The molecule has 0 amide bonds. The summed E-state index contributed by atoms with van der Waals surface area (Å²) >= 11 is 0. The Balaban J connectivity index is 3.31. The Bertz CT molecular complexity index is 239. The first-order chi connectivity index (χ1) is 4.61. The SMILES string of the molecule is [B]c1cc(F)c(N)c(F)c1. The quantitative estimate of drug-likeness (QED) is 0.407. The largest absolute Gasteiger partial charge is 0.394 e. The Morgan fingerprint density at radius 2 is 1.60 bits per heavy atom. The average Bonchev–Trinajstić information content (AvgIpc) is 1.82. The van der Waals surface area contributed by atoms with Gasteiger partial charge in [0.2, 0.25) is 0 Å². The molecule has 0 bridgehead atoms. The summed E-state index contributed by atoms with van der Waals surface area (Å²) in [4.78, 5) is 0. The van der Waals surface area contributed by atoms with Gasteiger partial charge in [-0.05, 0) is 12.1 Å². The van der Waals surface area contributed by atoms with Crippen LogP contribution in [0.5, 0.6) is 0 Å². The molecule has 2 radical (unpaired) electrons. The molecule has 0 aliphatic heterocycles. The van der Waals surface area contributed by atoms with Crippen LogP contribution in [0.15, 0.2) is 12.1 Å². The number of hydrogen-bond donors (Lipinski definition) is 1. The van der Waals surface area contributed by atoms with Gasteiger partial charge in [-0.25, -0.2) is 8.78 Å². The van der Waals surface area contributed by atoms with E-state index < -0.39 is 17.3 Å². The number of rotatable bonds is 0. The lowest BCUT2D eigenvalue weighted by Gasteiger charge is -1.98. The lowest BCUT2D eigenvalue weighted by atomic mass is 9.96. The van der Waals surface area contributed by atoms with Crippen LogP contribution >= 0.6 is 0 Å². The molecule has 0 atom stereocenters. The molecule has 0 aromatic heterocycles. The molecule has 1 aromatic carbocycles. The van der Waals surface area contributed by atoms with Crippen molar-refractivity contribution in [3.05, 3.63) is 23.8 Å². The highest BCUT2D eigenvalue weighted by molar-refractivity contribution is 6.32. The highest BCUT2D eigenvalue weighted by Crippen LogP contribution is 2.11. The van der Waals surface area contributed by atoms with Crippen LogP contribution in [-0.2, 0) is 0 Å². The molecule has 10 heavy (non-hydrogen) atoms. The summed E-state index contributed by atoms with van der Waals surface area (Å²) in [7, 11) is 5.09. The van der Waals surface area contributed by atoms with Crippen LogP contribution in [0.25, 0.3) is 0 Å². The minimum absolute atomic E-state index is 0.0317. The summed E-state index contributed by atoms with van der Waals surface area (Å²) in [5.74, 6) is -1.64. The van der Waals surface area contributed by atoms with E-state index in [4.69, 9.17) is 13.6 Å². The molecule has 4 heteroatoms. The van der Waals surface area contributed by atoms with Crippen molar-refractivity contribution in [1.29, 1.82) is 0 Å².